The Labute approximate surface area is 85.6 Å². The molecule has 1 saturated heterocycles. The molecule has 1 aliphatic rings. The molecule has 2 nitrogen and oxygen atoms in total. The summed E-state index contributed by atoms with van der Waals surface area (Å²) in [6, 6.07) is 1.05. The summed E-state index contributed by atoms with van der Waals surface area (Å²) >= 11 is 5.68. The maximum Gasteiger partial charge on any atom is 0.0620 e. The van der Waals surface area contributed by atoms with Crippen molar-refractivity contribution in [2.24, 2.45) is 0 Å². The van der Waals surface area contributed by atoms with E-state index in [1.54, 1.807) is 0 Å². The predicted molar refractivity (Wildman–Crippen MR) is 54.4 cm³/mol. The Hall–Kier alpha value is 0.500. The summed E-state index contributed by atoms with van der Waals surface area (Å²) in [6.45, 7) is 7.04. The molecule has 0 unspecified atom stereocenters. The molecule has 0 saturated carbocycles. The zero-order valence-corrected chi connectivity index (χ0v) is 9.20. The number of morpholine rings is 1. The van der Waals surface area contributed by atoms with Gasteiger partial charge in [0.15, 0.2) is 0 Å². The van der Waals surface area contributed by atoms with Crippen LogP contribution in [-0.2, 0) is 4.74 Å². The van der Waals surface area contributed by atoms with E-state index in [0.717, 1.165) is 19.8 Å². The fraction of sp³-hybridized carbons (Fsp3) is 1.00. The SMILES string of the molecule is C[C@@H]1COC[C@H](C)N1CCCl.Cl. The first kappa shape index (κ1) is 12.5. The van der Waals surface area contributed by atoms with Crippen molar-refractivity contribution in [3.63, 3.8) is 0 Å². The number of halogens is 2. The van der Waals surface area contributed by atoms with Crippen LogP contribution in [0.4, 0.5) is 0 Å². The molecule has 4 heteroatoms. The van der Waals surface area contributed by atoms with Crippen LogP contribution in [0.15, 0.2) is 0 Å². The van der Waals surface area contributed by atoms with E-state index in [-0.39, 0.29) is 12.4 Å². The fourth-order valence-corrected chi connectivity index (χ4v) is 1.77. The fourth-order valence-electron chi connectivity index (χ4n) is 1.57. The zero-order chi connectivity index (χ0) is 8.27. The summed E-state index contributed by atoms with van der Waals surface area (Å²) in [7, 11) is 0. The van der Waals surface area contributed by atoms with E-state index in [2.05, 4.69) is 18.7 Å². The average Bonchev–Trinajstić information content (AvgIpc) is 1.97. The van der Waals surface area contributed by atoms with Gasteiger partial charge in [0.2, 0.25) is 0 Å². The quantitative estimate of drug-likeness (QED) is 0.649. The lowest BCUT2D eigenvalue weighted by molar-refractivity contribution is -0.0334. The maximum absolute atomic E-state index is 5.68. The Bertz CT molecular complexity index is 114. The first-order valence-corrected chi connectivity index (χ1v) is 4.68. The topological polar surface area (TPSA) is 12.5 Å². The lowest BCUT2D eigenvalue weighted by atomic mass is 10.2. The number of alkyl halides is 1. The van der Waals surface area contributed by atoms with Crippen molar-refractivity contribution in [3.8, 4) is 0 Å². The molecule has 0 aliphatic carbocycles. The van der Waals surface area contributed by atoms with Gasteiger partial charge in [0.05, 0.1) is 13.2 Å². The van der Waals surface area contributed by atoms with E-state index in [9.17, 15) is 0 Å². The summed E-state index contributed by atoms with van der Waals surface area (Å²) in [5.41, 5.74) is 0. The third-order valence-electron chi connectivity index (χ3n) is 2.19. The Morgan fingerprint density at radius 2 is 1.83 bits per heavy atom. The second-order valence-electron chi connectivity index (χ2n) is 3.16. The van der Waals surface area contributed by atoms with Crippen LogP contribution in [0, 0.1) is 0 Å². The first-order valence-electron chi connectivity index (χ1n) is 4.15. The van der Waals surface area contributed by atoms with Crippen molar-refractivity contribution < 1.29 is 4.74 Å². The van der Waals surface area contributed by atoms with Gasteiger partial charge < -0.3 is 4.74 Å². The van der Waals surface area contributed by atoms with Crippen molar-refractivity contribution in [3.05, 3.63) is 0 Å². The van der Waals surface area contributed by atoms with Gasteiger partial charge in [-0.1, -0.05) is 0 Å². The molecule has 0 bridgehead atoms. The first-order chi connectivity index (χ1) is 5.25. The predicted octanol–water partition coefficient (Wildman–Crippen LogP) is 1.76. The zero-order valence-electron chi connectivity index (χ0n) is 7.62. The highest BCUT2D eigenvalue weighted by Gasteiger charge is 2.23. The van der Waals surface area contributed by atoms with E-state index >= 15 is 0 Å². The summed E-state index contributed by atoms with van der Waals surface area (Å²) in [4.78, 5) is 2.40. The van der Waals surface area contributed by atoms with Gasteiger partial charge in [-0.25, -0.2) is 0 Å². The molecule has 1 fully saturated rings. The molecule has 0 amide bonds. The van der Waals surface area contributed by atoms with E-state index in [1.807, 2.05) is 0 Å². The average molecular weight is 214 g/mol. The molecule has 0 radical (unpaired) electrons. The standard InChI is InChI=1S/C8H16ClNO.ClH/c1-7-5-11-6-8(2)10(7)4-3-9;/h7-8H,3-6H2,1-2H3;1H/t7-,8+;. The molecule has 0 aromatic heterocycles. The Kier molecular flexibility index (Phi) is 6.28. The van der Waals surface area contributed by atoms with Gasteiger partial charge in [-0.3, -0.25) is 4.90 Å². The molecule has 1 heterocycles. The van der Waals surface area contributed by atoms with Gasteiger partial charge in [0, 0.05) is 24.5 Å². The van der Waals surface area contributed by atoms with E-state index < -0.39 is 0 Å². The highest BCUT2D eigenvalue weighted by atomic mass is 35.5. The molecule has 12 heavy (non-hydrogen) atoms. The molecule has 1 rings (SSSR count). The third-order valence-corrected chi connectivity index (χ3v) is 2.36. The molecule has 2 atom stereocenters. The summed E-state index contributed by atoms with van der Waals surface area (Å²) in [5, 5.41) is 0. The van der Waals surface area contributed by atoms with Gasteiger partial charge in [0.1, 0.15) is 0 Å². The van der Waals surface area contributed by atoms with Crippen LogP contribution in [0.3, 0.4) is 0 Å². The van der Waals surface area contributed by atoms with Crippen LogP contribution in [0.5, 0.6) is 0 Å². The number of hydrogen-bond donors (Lipinski definition) is 0. The van der Waals surface area contributed by atoms with Crippen LogP contribution in [0.1, 0.15) is 13.8 Å². The molecular weight excluding hydrogens is 197 g/mol. The van der Waals surface area contributed by atoms with Crippen LogP contribution in [0.25, 0.3) is 0 Å². The monoisotopic (exact) mass is 213 g/mol. The molecule has 0 spiro atoms. The van der Waals surface area contributed by atoms with E-state index in [4.69, 9.17) is 16.3 Å². The number of ether oxygens (including phenoxy) is 1. The Morgan fingerprint density at radius 3 is 2.25 bits per heavy atom. The number of nitrogens with zero attached hydrogens (tertiary/aromatic N) is 1. The summed E-state index contributed by atoms with van der Waals surface area (Å²) < 4.78 is 5.39. The largest absolute Gasteiger partial charge is 0.378 e. The van der Waals surface area contributed by atoms with Crippen LogP contribution in [-0.4, -0.2) is 42.6 Å². The molecule has 0 N–H and O–H groups in total. The summed E-state index contributed by atoms with van der Waals surface area (Å²) in [5.74, 6) is 0.717. The van der Waals surface area contributed by atoms with Gasteiger partial charge in [-0.05, 0) is 13.8 Å². The van der Waals surface area contributed by atoms with Crippen molar-refractivity contribution in [2.45, 2.75) is 25.9 Å². The van der Waals surface area contributed by atoms with E-state index in [0.29, 0.717) is 18.0 Å². The third kappa shape index (κ3) is 3.09. The lowest BCUT2D eigenvalue weighted by Gasteiger charge is -2.38. The highest BCUT2D eigenvalue weighted by molar-refractivity contribution is 6.18. The van der Waals surface area contributed by atoms with Crippen LogP contribution >= 0.6 is 24.0 Å². The Balaban J connectivity index is 0.00000121. The molecule has 1 aliphatic heterocycles. The van der Waals surface area contributed by atoms with Crippen molar-refractivity contribution >= 4 is 24.0 Å². The lowest BCUT2D eigenvalue weighted by Crippen LogP contribution is -2.50. The van der Waals surface area contributed by atoms with Crippen molar-refractivity contribution in [1.82, 2.24) is 4.90 Å². The second-order valence-corrected chi connectivity index (χ2v) is 3.54. The molecule has 0 aromatic carbocycles. The number of hydrogen-bond acceptors (Lipinski definition) is 2. The summed E-state index contributed by atoms with van der Waals surface area (Å²) in [6.07, 6.45) is 0. The van der Waals surface area contributed by atoms with Crippen molar-refractivity contribution in [2.75, 3.05) is 25.6 Å². The second kappa shape index (κ2) is 6.03. The van der Waals surface area contributed by atoms with Crippen LogP contribution < -0.4 is 0 Å². The molecule has 0 aromatic rings. The normalized spacial score (nSPS) is 31.2. The highest BCUT2D eigenvalue weighted by Crippen LogP contribution is 2.12. The maximum atomic E-state index is 5.68. The van der Waals surface area contributed by atoms with Gasteiger partial charge >= 0.3 is 0 Å². The van der Waals surface area contributed by atoms with E-state index in [1.165, 1.54) is 0 Å². The van der Waals surface area contributed by atoms with Gasteiger partial charge in [-0.2, -0.15) is 0 Å². The van der Waals surface area contributed by atoms with Gasteiger partial charge in [-0.15, -0.1) is 24.0 Å². The van der Waals surface area contributed by atoms with Crippen molar-refractivity contribution in [1.29, 1.82) is 0 Å². The molecule has 74 valence electrons. The number of rotatable bonds is 2. The molecular formula is C8H17Cl2NO. The minimum absolute atomic E-state index is 0. The smallest absolute Gasteiger partial charge is 0.0620 e. The van der Waals surface area contributed by atoms with Gasteiger partial charge in [0.25, 0.3) is 0 Å². The minimum Gasteiger partial charge on any atom is -0.378 e. The minimum atomic E-state index is 0. The van der Waals surface area contributed by atoms with Crippen LogP contribution in [0.2, 0.25) is 0 Å². The Morgan fingerprint density at radius 1 is 1.33 bits per heavy atom.